The highest BCUT2D eigenvalue weighted by Gasteiger charge is 2.25. The summed E-state index contributed by atoms with van der Waals surface area (Å²) < 4.78 is 5.27. The number of nitrogens with zero attached hydrogens (tertiary/aromatic N) is 2. The third-order valence-corrected chi connectivity index (χ3v) is 7.10. The van der Waals surface area contributed by atoms with Crippen LogP contribution in [-0.2, 0) is 4.79 Å². The Kier molecular flexibility index (Phi) is 6.27. The smallest absolute Gasteiger partial charge is 0.262 e. The summed E-state index contributed by atoms with van der Waals surface area (Å²) in [5.74, 6) is 0.553. The summed E-state index contributed by atoms with van der Waals surface area (Å²) in [5, 5.41) is 2.95. The highest BCUT2D eigenvalue weighted by atomic mass is 32.2. The van der Waals surface area contributed by atoms with Gasteiger partial charge in [0.1, 0.15) is 5.75 Å². The van der Waals surface area contributed by atoms with E-state index < -0.39 is 0 Å². The molecule has 1 N–H and O–H groups in total. The summed E-state index contributed by atoms with van der Waals surface area (Å²) in [5.41, 5.74) is 3.34. The zero-order chi connectivity index (χ0) is 23.5. The van der Waals surface area contributed by atoms with Gasteiger partial charge in [-0.2, -0.15) is 0 Å². The van der Waals surface area contributed by atoms with E-state index in [1.54, 1.807) is 13.2 Å². The first kappa shape index (κ1) is 22.1. The summed E-state index contributed by atoms with van der Waals surface area (Å²) in [6.07, 6.45) is 1.84. The van der Waals surface area contributed by atoms with Crippen molar-refractivity contribution in [3.05, 3.63) is 88.8 Å². The maximum absolute atomic E-state index is 13.1. The van der Waals surface area contributed by atoms with Crippen molar-refractivity contribution in [3.8, 4) is 5.75 Å². The minimum Gasteiger partial charge on any atom is -0.497 e. The van der Waals surface area contributed by atoms with Gasteiger partial charge in [-0.05, 0) is 54.1 Å². The second-order valence-corrected chi connectivity index (χ2v) is 9.25. The van der Waals surface area contributed by atoms with Crippen molar-refractivity contribution in [1.29, 1.82) is 0 Å². The Labute approximate surface area is 203 Å². The van der Waals surface area contributed by atoms with Crippen molar-refractivity contribution in [2.24, 2.45) is 0 Å². The van der Waals surface area contributed by atoms with Crippen LogP contribution in [0.5, 0.6) is 5.75 Å². The van der Waals surface area contributed by atoms with Gasteiger partial charge in [0.25, 0.3) is 11.8 Å². The Hall–Kier alpha value is -3.71. The Balaban J connectivity index is 1.28. The lowest BCUT2D eigenvalue weighted by molar-refractivity contribution is -0.112. The van der Waals surface area contributed by atoms with Gasteiger partial charge in [-0.25, -0.2) is 0 Å². The first-order valence-corrected chi connectivity index (χ1v) is 12.0. The van der Waals surface area contributed by atoms with Gasteiger partial charge in [-0.15, -0.1) is 0 Å². The zero-order valence-electron chi connectivity index (χ0n) is 18.9. The Morgan fingerprint density at radius 3 is 2.53 bits per heavy atom. The van der Waals surface area contributed by atoms with E-state index in [1.165, 1.54) is 17.4 Å². The average molecular weight is 472 g/mol. The molecule has 2 aliphatic rings. The fraction of sp³-hybridized carbons (Fsp3) is 0.185. The second-order valence-electron chi connectivity index (χ2n) is 8.17. The highest BCUT2D eigenvalue weighted by molar-refractivity contribution is 8.04. The fourth-order valence-corrected chi connectivity index (χ4v) is 5.10. The van der Waals surface area contributed by atoms with Gasteiger partial charge < -0.3 is 19.9 Å². The molecule has 1 saturated heterocycles. The number of thioether (sulfide) groups is 1. The van der Waals surface area contributed by atoms with Crippen molar-refractivity contribution < 1.29 is 14.3 Å². The summed E-state index contributed by atoms with van der Waals surface area (Å²) in [4.78, 5) is 31.6. The van der Waals surface area contributed by atoms with Crippen molar-refractivity contribution in [2.75, 3.05) is 43.5 Å². The number of hydrogen-bond donors (Lipinski definition) is 1. The summed E-state index contributed by atoms with van der Waals surface area (Å²) in [6, 6.07) is 23.4. The first-order valence-electron chi connectivity index (χ1n) is 11.2. The molecule has 0 saturated carbocycles. The van der Waals surface area contributed by atoms with Crippen molar-refractivity contribution in [1.82, 2.24) is 4.90 Å². The van der Waals surface area contributed by atoms with Crippen LogP contribution in [0.25, 0.3) is 6.08 Å². The largest absolute Gasteiger partial charge is 0.497 e. The number of carbonyl (C=O) groups is 2. The molecule has 2 aliphatic heterocycles. The van der Waals surface area contributed by atoms with Crippen LogP contribution in [0.15, 0.2) is 82.6 Å². The maximum atomic E-state index is 13.1. The summed E-state index contributed by atoms with van der Waals surface area (Å²) >= 11 is 1.40. The molecular weight excluding hydrogens is 446 g/mol. The number of para-hydroxylation sites is 1. The first-order chi connectivity index (χ1) is 16.6. The van der Waals surface area contributed by atoms with Gasteiger partial charge >= 0.3 is 0 Å². The minimum atomic E-state index is -0.179. The zero-order valence-corrected chi connectivity index (χ0v) is 19.7. The predicted molar refractivity (Wildman–Crippen MR) is 136 cm³/mol. The lowest BCUT2D eigenvalue weighted by Crippen LogP contribution is -2.48. The van der Waals surface area contributed by atoms with Crippen LogP contribution < -0.4 is 15.0 Å². The Morgan fingerprint density at radius 1 is 0.971 bits per heavy atom. The number of piperazine rings is 1. The number of ether oxygens (including phenoxy) is 1. The molecule has 6 nitrogen and oxygen atoms in total. The fourth-order valence-electron chi connectivity index (χ4n) is 4.17. The van der Waals surface area contributed by atoms with E-state index in [-0.39, 0.29) is 11.8 Å². The van der Waals surface area contributed by atoms with Crippen LogP contribution in [0.1, 0.15) is 15.9 Å². The third kappa shape index (κ3) is 4.65. The molecular formula is C27H25N3O3S. The quantitative estimate of drug-likeness (QED) is 0.557. The van der Waals surface area contributed by atoms with E-state index in [4.69, 9.17) is 4.74 Å². The van der Waals surface area contributed by atoms with Gasteiger partial charge in [-0.1, -0.05) is 42.1 Å². The molecule has 0 aliphatic carbocycles. The molecule has 0 aromatic heterocycles. The molecule has 3 aromatic carbocycles. The standard InChI is InChI=1S/C27H25N3O3S/c1-33-22-9-5-6-19(16-22)17-25-26(31)28-23-18-20(10-11-24(23)34-25)27(32)30-14-12-29(13-15-30)21-7-3-2-4-8-21/h2-11,16-18H,12-15H2,1H3,(H,28,31)/b25-17+. The number of carbonyl (C=O) groups excluding carboxylic acids is 2. The molecule has 0 bridgehead atoms. The van der Waals surface area contributed by atoms with Crippen LogP contribution >= 0.6 is 11.8 Å². The van der Waals surface area contributed by atoms with E-state index in [0.717, 1.165) is 29.3 Å². The molecule has 7 heteroatoms. The molecule has 34 heavy (non-hydrogen) atoms. The Morgan fingerprint density at radius 2 is 1.76 bits per heavy atom. The van der Waals surface area contributed by atoms with Crippen LogP contribution in [0.3, 0.4) is 0 Å². The molecule has 0 atom stereocenters. The highest BCUT2D eigenvalue weighted by Crippen LogP contribution is 2.39. The normalized spacial score (nSPS) is 16.7. The van der Waals surface area contributed by atoms with Crippen LogP contribution in [-0.4, -0.2) is 50.0 Å². The number of amides is 2. The van der Waals surface area contributed by atoms with Gasteiger partial charge in [0.15, 0.2) is 0 Å². The molecule has 0 unspecified atom stereocenters. The average Bonchev–Trinajstić information content (AvgIpc) is 2.89. The number of hydrogen-bond acceptors (Lipinski definition) is 5. The monoisotopic (exact) mass is 471 g/mol. The molecule has 2 heterocycles. The summed E-state index contributed by atoms with van der Waals surface area (Å²) in [6.45, 7) is 2.93. The predicted octanol–water partition coefficient (Wildman–Crippen LogP) is 4.74. The van der Waals surface area contributed by atoms with E-state index >= 15 is 0 Å². The molecule has 172 valence electrons. The number of rotatable bonds is 4. The molecule has 1 fully saturated rings. The van der Waals surface area contributed by atoms with Crippen LogP contribution in [0.4, 0.5) is 11.4 Å². The molecule has 0 radical (unpaired) electrons. The van der Waals surface area contributed by atoms with Crippen LogP contribution in [0.2, 0.25) is 0 Å². The van der Waals surface area contributed by atoms with E-state index in [9.17, 15) is 9.59 Å². The molecule has 5 rings (SSSR count). The third-order valence-electron chi connectivity index (χ3n) is 6.00. The van der Waals surface area contributed by atoms with E-state index in [1.807, 2.05) is 65.6 Å². The van der Waals surface area contributed by atoms with Gasteiger partial charge in [0.2, 0.25) is 0 Å². The maximum Gasteiger partial charge on any atom is 0.262 e. The molecule has 3 aromatic rings. The number of fused-ring (bicyclic) bond motifs is 1. The van der Waals surface area contributed by atoms with E-state index in [0.29, 0.717) is 29.2 Å². The number of anilines is 2. The second kappa shape index (κ2) is 9.65. The number of nitrogens with one attached hydrogen (secondary N) is 1. The Bertz CT molecular complexity index is 1250. The summed E-state index contributed by atoms with van der Waals surface area (Å²) in [7, 11) is 1.62. The van der Waals surface area contributed by atoms with Gasteiger partial charge in [0.05, 0.1) is 17.7 Å². The molecule has 0 spiro atoms. The lowest BCUT2D eigenvalue weighted by Gasteiger charge is -2.36. The van der Waals surface area contributed by atoms with Crippen LogP contribution in [0, 0.1) is 0 Å². The SMILES string of the molecule is COc1cccc(/C=C2/Sc3ccc(C(=O)N4CCN(c5ccccc5)CC4)cc3NC2=O)c1. The van der Waals surface area contributed by atoms with Crippen molar-refractivity contribution in [2.45, 2.75) is 4.90 Å². The lowest BCUT2D eigenvalue weighted by atomic mass is 10.1. The molecule has 2 amide bonds. The van der Waals surface area contributed by atoms with Crippen molar-refractivity contribution >= 4 is 41.0 Å². The van der Waals surface area contributed by atoms with Gasteiger partial charge in [-0.3, -0.25) is 9.59 Å². The number of benzene rings is 3. The topological polar surface area (TPSA) is 61.9 Å². The number of methoxy groups -OCH3 is 1. The van der Waals surface area contributed by atoms with Crippen molar-refractivity contribution in [3.63, 3.8) is 0 Å². The van der Waals surface area contributed by atoms with E-state index in [2.05, 4.69) is 22.3 Å². The van der Waals surface area contributed by atoms with Gasteiger partial charge in [0, 0.05) is 42.3 Å². The minimum absolute atomic E-state index is 0.00696.